The first-order valence-electron chi connectivity index (χ1n) is 6.48. The molecule has 1 amide bonds. The van der Waals surface area contributed by atoms with Crippen LogP contribution in [0.3, 0.4) is 0 Å². The summed E-state index contributed by atoms with van der Waals surface area (Å²) in [5.41, 5.74) is 2.37. The summed E-state index contributed by atoms with van der Waals surface area (Å²) in [6, 6.07) is 8.20. The Morgan fingerprint density at radius 1 is 1.26 bits per heavy atom. The second-order valence-electron chi connectivity index (χ2n) is 4.84. The summed E-state index contributed by atoms with van der Waals surface area (Å²) in [4.78, 5) is 23.6. The summed E-state index contributed by atoms with van der Waals surface area (Å²) in [6.45, 7) is 3.83. The third-order valence-corrected chi connectivity index (χ3v) is 3.24. The molecule has 1 aromatic carbocycles. The number of rotatable bonds is 6. The summed E-state index contributed by atoms with van der Waals surface area (Å²) >= 11 is 0. The van der Waals surface area contributed by atoms with Gasteiger partial charge in [-0.15, -0.1) is 0 Å². The molecule has 19 heavy (non-hydrogen) atoms. The SMILES string of the molecule is CCc1ccc(C(C)CC(=O)N(C)CC(=O)O)cc1. The molecule has 104 valence electrons. The van der Waals surface area contributed by atoms with E-state index in [0.717, 1.165) is 12.0 Å². The Labute approximate surface area is 114 Å². The molecule has 1 unspecified atom stereocenters. The van der Waals surface area contributed by atoms with Gasteiger partial charge in [-0.3, -0.25) is 9.59 Å². The number of benzene rings is 1. The number of carboxylic acid groups (broad SMARTS) is 1. The van der Waals surface area contributed by atoms with Gasteiger partial charge < -0.3 is 10.0 Å². The number of carbonyl (C=O) groups is 2. The van der Waals surface area contributed by atoms with Crippen molar-refractivity contribution in [2.75, 3.05) is 13.6 Å². The first-order chi connectivity index (χ1) is 8.93. The number of carbonyl (C=O) groups excluding carboxylic acids is 1. The molecule has 0 aliphatic rings. The molecular weight excluding hydrogens is 242 g/mol. The maximum Gasteiger partial charge on any atom is 0.323 e. The van der Waals surface area contributed by atoms with Crippen molar-refractivity contribution < 1.29 is 14.7 Å². The molecule has 1 rings (SSSR count). The highest BCUT2D eigenvalue weighted by Crippen LogP contribution is 2.20. The van der Waals surface area contributed by atoms with Gasteiger partial charge in [0.1, 0.15) is 6.54 Å². The highest BCUT2D eigenvalue weighted by atomic mass is 16.4. The van der Waals surface area contributed by atoms with Crippen LogP contribution in [0.25, 0.3) is 0 Å². The van der Waals surface area contributed by atoms with Crippen LogP contribution in [0.2, 0.25) is 0 Å². The van der Waals surface area contributed by atoms with E-state index >= 15 is 0 Å². The fraction of sp³-hybridized carbons (Fsp3) is 0.467. The van der Waals surface area contributed by atoms with Gasteiger partial charge in [0.05, 0.1) is 0 Å². The predicted molar refractivity (Wildman–Crippen MR) is 74.1 cm³/mol. The van der Waals surface area contributed by atoms with E-state index in [1.807, 2.05) is 19.1 Å². The minimum Gasteiger partial charge on any atom is -0.480 e. The second-order valence-corrected chi connectivity index (χ2v) is 4.84. The monoisotopic (exact) mass is 263 g/mol. The first kappa shape index (κ1) is 15.2. The Balaban J connectivity index is 2.60. The Bertz CT molecular complexity index is 439. The molecule has 0 saturated heterocycles. The average molecular weight is 263 g/mol. The molecule has 0 radical (unpaired) electrons. The number of hydrogen-bond acceptors (Lipinski definition) is 2. The molecule has 1 atom stereocenters. The Kier molecular flexibility index (Phi) is 5.55. The Morgan fingerprint density at radius 2 is 1.84 bits per heavy atom. The van der Waals surface area contributed by atoms with E-state index in [-0.39, 0.29) is 18.4 Å². The van der Waals surface area contributed by atoms with Gasteiger partial charge in [-0.25, -0.2) is 0 Å². The predicted octanol–water partition coefficient (Wildman–Crippen LogP) is 2.29. The van der Waals surface area contributed by atoms with Crippen molar-refractivity contribution in [3.8, 4) is 0 Å². The summed E-state index contributed by atoms with van der Waals surface area (Å²) in [7, 11) is 1.52. The van der Waals surface area contributed by atoms with Crippen LogP contribution in [-0.4, -0.2) is 35.5 Å². The Hall–Kier alpha value is -1.84. The molecule has 4 nitrogen and oxygen atoms in total. The lowest BCUT2D eigenvalue weighted by Gasteiger charge is -2.18. The summed E-state index contributed by atoms with van der Waals surface area (Å²) in [6.07, 6.45) is 1.32. The van der Waals surface area contributed by atoms with Crippen LogP contribution in [0.15, 0.2) is 24.3 Å². The lowest BCUT2D eigenvalue weighted by atomic mass is 9.96. The third kappa shape index (κ3) is 4.73. The van der Waals surface area contributed by atoms with Crippen LogP contribution in [0, 0.1) is 0 Å². The highest BCUT2D eigenvalue weighted by molar-refractivity contribution is 5.81. The maximum absolute atomic E-state index is 11.8. The van der Waals surface area contributed by atoms with E-state index in [2.05, 4.69) is 19.1 Å². The maximum atomic E-state index is 11.8. The third-order valence-electron chi connectivity index (χ3n) is 3.24. The van der Waals surface area contributed by atoms with Gasteiger partial charge in [0.15, 0.2) is 0 Å². The number of hydrogen-bond donors (Lipinski definition) is 1. The van der Waals surface area contributed by atoms with Gasteiger partial charge in [0.25, 0.3) is 0 Å². The standard InChI is InChI=1S/C15H21NO3/c1-4-12-5-7-13(8-6-12)11(2)9-14(17)16(3)10-15(18)19/h5-8,11H,4,9-10H2,1-3H3,(H,18,19). The van der Waals surface area contributed by atoms with Crippen LogP contribution in [0.4, 0.5) is 0 Å². The smallest absolute Gasteiger partial charge is 0.323 e. The van der Waals surface area contributed by atoms with Crippen LogP contribution in [-0.2, 0) is 16.0 Å². The number of aliphatic carboxylic acids is 1. The van der Waals surface area contributed by atoms with Gasteiger partial charge >= 0.3 is 5.97 Å². The van der Waals surface area contributed by atoms with Crippen molar-refractivity contribution >= 4 is 11.9 Å². The molecule has 0 aromatic heterocycles. The van der Waals surface area contributed by atoms with Gasteiger partial charge in [0.2, 0.25) is 5.91 Å². The number of nitrogens with zero attached hydrogens (tertiary/aromatic N) is 1. The lowest BCUT2D eigenvalue weighted by molar-refractivity contribution is -0.143. The van der Waals surface area contributed by atoms with E-state index < -0.39 is 5.97 Å². The average Bonchev–Trinajstić information content (AvgIpc) is 2.37. The topological polar surface area (TPSA) is 57.6 Å². The zero-order chi connectivity index (χ0) is 14.4. The molecule has 1 N–H and O–H groups in total. The van der Waals surface area contributed by atoms with Gasteiger partial charge in [-0.05, 0) is 23.5 Å². The van der Waals surface area contributed by atoms with E-state index in [0.29, 0.717) is 6.42 Å². The van der Waals surface area contributed by atoms with Gasteiger partial charge in [-0.1, -0.05) is 38.1 Å². The summed E-state index contributed by atoms with van der Waals surface area (Å²) in [5, 5.41) is 8.65. The van der Waals surface area contributed by atoms with Crippen molar-refractivity contribution in [2.45, 2.75) is 32.6 Å². The molecule has 0 bridgehead atoms. The second kappa shape index (κ2) is 6.92. The molecule has 0 aliphatic carbocycles. The fourth-order valence-corrected chi connectivity index (χ4v) is 1.91. The molecule has 0 aliphatic heterocycles. The number of carboxylic acids is 1. The lowest BCUT2D eigenvalue weighted by Crippen LogP contribution is -2.32. The summed E-state index contributed by atoms with van der Waals surface area (Å²) in [5.74, 6) is -1.04. The highest BCUT2D eigenvalue weighted by Gasteiger charge is 2.16. The largest absolute Gasteiger partial charge is 0.480 e. The zero-order valence-corrected chi connectivity index (χ0v) is 11.7. The normalized spacial score (nSPS) is 11.9. The van der Waals surface area contributed by atoms with E-state index in [4.69, 9.17) is 5.11 Å². The van der Waals surface area contributed by atoms with Crippen LogP contribution < -0.4 is 0 Å². The Morgan fingerprint density at radius 3 is 2.32 bits per heavy atom. The number of aryl methyl sites for hydroxylation is 1. The van der Waals surface area contributed by atoms with Crippen molar-refractivity contribution in [3.05, 3.63) is 35.4 Å². The van der Waals surface area contributed by atoms with Crippen LogP contribution in [0.1, 0.15) is 37.3 Å². The van der Waals surface area contributed by atoms with Gasteiger partial charge in [0, 0.05) is 13.5 Å². The zero-order valence-electron chi connectivity index (χ0n) is 11.7. The van der Waals surface area contributed by atoms with E-state index in [1.54, 1.807) is 0 Å². The molecule has 4 heteroatoms. The molecule has 0 spiro atoms. The van der Waals surface area contributed by atoms with Gasteiger partial charge in [-0.2, -0.15) is 0 Å². The van der Waals surface area contributed by atoms with Crippen LogP contribution in [0.5, 0.6) is 0 Å². The molecule has 0 saturated carbocycles. The van der Waals surface area contributed by atoms with Crippen LogP contribution >= 0.6 is 0 Å². The number of amides is 1. The molecule has 1 aromatic rings. The minimum atomic E-state index is -0.990. The quantitative estimate of drug-likeness (QED) is 0.856. The van der Waals surface area contributed by atoms with E-state index in [9.17, 15) is 9.59 Å². The van der Waals surface area contributed by atoms with E-state index in [1.165, 1.54) is 17.5 Å². The van der Waals surface area contributed by atoms with Crippen molar-refractivity contribution in [1.29, 1.82) is 0 Å². The fourth-order valence-electron chi connectivity index (χ4n) is 1.91. The minimum absolute atomic E-state index is 0.0923. The first-order valence-corrected chi connectivity index (χ1v) is 6.48. The molecule has 0 heterocycles. The van der Waals surface area contributed by atoms with Crippen molar-refractivity contribution in [1.82, 2.24) is 4.90 Å². The van der Waals surface area contributed by atoms with Crippen molar-refractivity contribution in [2.24, 2.45) is 0 Å². The molecular formula is C15H21NO3. The number of likely N-dealkylation sites (N-methyl/N-ethyl adjacent to an activating group) is 1. The molecule has 0 fully saturated rings. The van der Waals surface area contributed by atoms with Crippen molar-refractivity contribution in [3.63, 3.8) is 0 Å². The summed E-state index contributed by atoms with van der Waals surface area (Å²) < 4.78 is 0.